The van der Waals surface area contributed by atoms with Crippen LogP contribution in [0.4, 0.5) is 5.69 Å². The summed E-state index contributed by atoms with van der Waals surface area (Å²) in [5.74, 6) is -0.0641. The first-order valence-corrected chi connectivity index (χ1v) is 7.52. The summed E-state index contributed by atoms with van der Waals surface area (Å²) in [6.07, 6.45) is 0.436. The number of para-hydroxylation sites is 1. The Morgan fingerprint density at radius 1 is 1.45 bits per heavy atom. The maximum Gasteiger partial charge on any atom is 0.225 e. The van der Waals surface area contributed by atoms with Crippen LogP contribution in [0.15, 0.2) is 18.2 Å². The molecule has 6 heteroatoms. The normalized spacial score (nSPS) is 19.9. The molecule has 0 aliphatic carbocycles. The molecule has 0 saturated carbocycles. The zero-order valence-electron chi connectivity index (χ0n) is 11.5. The van der Waals surface area contributed by atoms with Crippen molar-refractivity contribution in [2.45, 2.75) is 19.4 Å². The number of rotatable bonds is 4. The van der Waals surface area contributed by atoms with E-state index < -0.39 is 0 Å². The van der Waals surface area contributed by atoms with Crippen LogP contribution in [0.3, 0.4) is 0 Å². The minimum atomic E-state index is -0.0641. The van der Waals surface area contributed by atoms with E-state index in [0.717, 1.165) is 26.2 Å². The molecular formula is C14H19Cl2N3O. The van der Waals surface area contributed by atoms with Crippen LogP contribution in [0.5, 0.6) is 0 Å². The van der Waals surface area contributed by atoms with Crippen LogP contribution in [0, 0.1) is 0 Å². The highest BCUT2D eigenvalue weighted by atomic mass is 35.5. The summed E-state index contributed by atoms with van der Waals surface area (Å²) in [6.45, 7) is 5.83. The van der Waals surface area contributed by atoms with Gasteiger partial charge in [-0.2, -0.15) is 0 Å². The monoisotopic (exact) mass is 315 g/mol. The van der Waals surface area contributed by atoms with Crippen LogP contribution in [0.1, 0.15) is 13.3 Å². The molecule has 1 amide bonds. The second-order valence-electron chi connectivity index (χ2n) is 4.98. The van der Waals surface area contributed by atoms with E-state index in [9.17, 15) is 4.79 Å². The Kier molecular flexibility index (Phi) is 5.66. The zero-order chi connectivity index (χ0) is 14.5. The summed E-state index contributed by atoms with van der Waals surface area (Å²) in [4.78, 5) is 14.3. The van der Waals surface area contributed by atoms with Crippen molar-refractivity contribution >= 4 is 34.8 Å². The second kappa shape index (κ2) is 7.27. The summed E-state index contributed by atoms with van der Waals surface area (Å²) in [7, 11) is 0. The Morgan fingerprint density at radius 2 is 2.15 bits per heavy atom. The van der Waals surface area contributed by atoms with E-state index in [0.29, 0.717) is 28.2 Å². The molecule has 0 spiro atoms. The SMILES string of the molecule is C[C@@H]1CNCCN1CCC(=O)Nc1c(Cl)cccc1Cl. The molecule has 2 N–H and O–H groups in total. The predicted molar refractivity (Wildman–Crippen MR) is 83.6 cm³/mol. The van der Waals surface area contributed by atoms with Crippen LogP contribution in [0.25, 0.3) is 0 Å². The van der Waals surface area contributed by atoms with Crippen molar-refractivity contribution in [3.05, 3.63) is 28.2 Å². The predicted octanol–water partition coefficient (Wildman–Crippen LogP) is 2.62. The van der Waals surface area contributed by atoms with E-state index >= 15 is 0 Å². The van der Waals surface area contributed by atoms with Gasteiger partial charge >= 0.3 is 0 Å². The van der Waals surface area contributed by atoms with E-state index in [1.54, 1.807) is 18.2 Å². The number of carbonyl (C=O) groups is 1. The molecule has 1 aliphatic rings. The summed E-state index contributed by atoms with van der Waals surface area (Å²) in [6, 6.07) is 5.63. The van der Waals surface area contributed by atoms with Crippen molar-refractivity contribution in [3.8, 4) is 0 Å². The van der Waals surface area contributed by atoms with E-state index in [2.05, 4.69) is 22.5 Å². The minimum absolute atomic E-state index is 0.0641. The van der Waals surface area contributed by atoms with Crippen LogP contribution in [0.2, 0.25) is 10.0 Å². The van der Waals surface area contributed by atoms with Gasteiger partial charge in [-0.05, 0) is 19.1 Å². The van der Waals surface area contributed by atoms with E-state index in [1.807, 2.05) is 0 Å². The molecule has 1 atom stereocenters. The minimum Gasteiger partial charge on any atom is -0.324 e. The fraction of sp³-hybridized carbons (Fsp3) is 0.500. The molecular weight excluding hydrogens is 297 g/mol. The van der Waals surface area contributed by atoms with Gasteiger partial charge in [-0.3, -0.25) is 9.69 Å². The molecule has 1 aliphatic heterocycles. The molecule has 1 saturated heterocycles. The summed E-state index contributed by atoms with van der Waals surface area (Å²) in [5, 5.41) is 7.04. The highest BCUT2D eigenvalue weighted by molar-refractivity contribution is 6.39. The average Bonchev–Trinajstić information content (AvgIpc) is 2.42. The Hall–Kier alpha value is -0.810. The van der Waals surface area contributed by atoms with Crippen molar-refractivity contribution in [3.63, 3.8) is 0 Å². The molecule has 0 aromatic heterocycles. The van der Waals surface area contributed by atoms with E-state index in [-0.39, 0.29) is 5.91 Å². The molecule has 1 aromatic rings. The van der Waals surface area contributed by atoms with Crippen LogP contribution in [-0.2, 0) is 4.79 Å². The van der Waals surface area contributed by atoms with Gasteiger partial charge in [-0.15, -0.1) is 0 Å². The average molecular weight is 316 g/mol. The molecule has 1 fully saturated rings. The fourth-order valence-corrected chi connectivity index (χ4v) is 2.77. The van der Waals surface area contributed by atoms with Crippen LogP contribution >= 0.6 is 23.2 Å². The summed E-state index contributed by atoms with van der Waals surface area (Å²) < 4.78 is 0. The molecule has 110 valence electrons. The molecule has 0 unspecified atom stereocenters. The number of hydrogen-bond acceptors (Lipinski definition) is 3. The Bertz CT molecular complexity index is 461. The molecule has 0 radical (unpaired) electrons. The van der Waals surface area contributed by atoms with Crippen LogP contribution < -0.4 is 10.6 Å². The van der Waals surface area contributed by atoms with Crippen molar-refractivity contribution in [2.75, 3.05) is 31.5 Å². The summed E-state index contributed by atoms with van der Waals surface area (Å²) in [5.41, 5.74) is 0.495. The van der Waals surface area contributed by atoms with Gasteiger partial charge < -0.3 is 10.6 Å². The molecule has 1 heterocycles. The van der Waals surface area contributed by atoms with Gasteiger partial charge in [0.2, 0.25) is 5.91 Å². The number of anilines is 1. The van der Waals surface area contributed by atoms with Gasteiger partial charge in [0.15, 0.2) is 0 Å². The number of nitrogens with zero attached hydrogens (tertiary/aromatic N) is 1. The van der Waals surface area contributed by atoms with Gasteiger partial charge in [-0.1, -0.05) is 29.3 Å². The van der Waals surface area contributed by atoms with Crippen molar-refractivity contribution < 1.29 is 4.79 Å². The van der Waals surface area contributed by atoms with Gasteiger partial charge in [0.25, 0.3) is 0 Å². The molecule has 20 heavy (non-hydrogen) atoms. The first-order chi connectivity index (χ1) is 9.58. The van der Waals surface area contributed by atoms with Gasteiger partial charge in [0.1, 0.15) is 0 Å². The third-order valence-electron chi connectivity index (χ3n) is 3.49. The molecule has 2 rings (SSSR count). The van der Waals surface area contributed by atoms with Crippen LogP contribution in [-0.4, -0.2) is 43.0 Å². The van der Waals surface area contributed by atoms with E-state index in [1.165, 1.54) is 0 Å². The lowest BCUT2D eigenvalue weighted by Gasteiger charge is -2.33. The fourth-order valence-electron chi connectivity index (χ4n) is 2.28. The number of hydrogen-bond donors (Lipinski definition) is 2. The molecule has 0 bridgehead atoms. The number of piperazine rings is 1. The number of nitrogens with one attached hydrogen (secondary N) is 2. The lowest BCUT2D eigenvalue weighted by molar-refractivity contribution is -0.116. The first-order valence-electron chi connectivity index (χ1n) is 6.76. The smallest absolute Gasteiger partial charge is 0.225 e. The topological polar surface area (TPSA) is 44.4 Å². The Labute approximate surface area is 129 Å². The Balaban J connectivity index is 1.86. The maximum absolute atomic E-state index is 12.0. The lowest BCUT2D eigenvalue weighted by atomic mass is 10.2. The van der Waals surface area contributed by atoms with Gasteiger partial charge in [0.05, 0.1) is 15.7 Å². The number of halogens is 2. The van der Waals surface area contributed by atoms with E-state index in [4.69, 9.17) is 23.2 Å². The zero-order valence-corrected chi connectivity index (χ0v) is 13.0. The molecule has 1 aromatic carbocycles. The van der Waals surface area contributed by atoms with Crippen molar-refractivity contribution in [1.82, 2.24) is 10.2 Å². The van der Waals surface area contributed by atoms with Crippen molar-refractivity contribution in [2.24, 2.45) is 0 Å². The quantitative estimate of drug-likeness (QED) is 0.897. The molecule has 4 nitrogen and oxygen atoms in total. The number of amides is 1. The highest BCUT2D eigenvalue weighted by Crippen LogP contribution is 2.29. The highest BCUT2D eigenvalue weighted by Gasteiger charge is 2.18. The largest absolute Gasteiger partial charge is 0.324 e. The number of benzene rings is 1. The maximum atomic E-state index is 12.0. The third-order valence-corrected chi connectivity index (χ3v) is 4.12. The van der Waals surface area contributed by atoms with Crippen molar-refractivity contribution in [1.29, 1.82) is 0 Å². The summed E-state index contributed by atoms with van der Waals surface area (Å²) >= 11 is 12.1. The van der Waals surface area contributed by atoms with Gasteiger partial charge in [-0.25, -0.2) is 0 Å². The van der Waals surface area contributed by atoms with Gasteiger partial charge in [0, 0.05) is 38.6 Å². The second-order valence-corrected chi connectivity index (χ2v) is 5.80. The first kappa shape index (κ1) is 15.6. The standard InChI is InChI=1S/C14H19Cl2N3O/c1-10-9-17-6-8-19(10)7-5-13(20)18-14-11(15)3-2-4-12(14)16/h2-4,10,17H,5-9H2,1H3,(H,18,20)/t10-/m1/s1. The lowest BCUT2D eigenvalue weighted by Crippen LogP contribution is -2.50. The number of carbonyl (C=O) groups excluding carboxylic acids is 1. The Morgan fingerprint density at radius 3 is 2.80 bits per heavy atom. The third kappa shape index (κ3) is 4.09.